The van der Waals surface area contributed by atoms with Gasteiger partial charge in [-0.3, -0.25) is 10.1 Å². The normalized spacial score (nSPS) is 10.2. The predicted molar refractivity (Wildman–Crippen MR) is 82.3 cm³/mol. The standard InChI is InChI=1S/C13H10Br2N2O2/c14-10-3-1-9(2-4-10)8-16-12-7-11(15)5-6-13(12)17(18)19/h1-7,16H,8H2. The van der Waals surface area contributed by atoms with Crippen LogP contribution < -0.4 is 5.32 Å². The highest BCUT2D eigenvalue weighted by atomic mass is 79.9. The van der Waals surface area contributed by atoms with Gasteiger partial charge >= 0.3 is 0 Å². The summed E-state index contributed by atoms with van der Waals surface area (Å²) in [5.74, 6) is 0. The van der Waals surface area contributed by atoms with E-state index >= 15 is 0 Å². The minimum Gasteiger partial charge on any atom is -0.375 e. The van der Waals surface area contributed by atoms with Gasteiger partial charge < -0.3 is 5.32 Å². The van der Waals surface area contributed by atoms with Gasteiger partial charge in [-0.15, -0.1) is 0 Å². The molecule has 0 saturated carbocycles. The number of halogens is 2. The molecule has 0 atom stereocenters. The minimum absolute atomic E-state index is 0.0697. The first-order valence-electron chi connectivity index (χ1n) is 5.48. The Balaban J connectivity index is 2.16. The molecule has 0 heterocycles. The fourth-order valence-electron chi connectivity index (χ4n) is 1.61. The molecule has 0 aliphatic carbocycles. The third-order valence-corrected chi connectivity index (χ3v) is 3.57. The number of benzene rings is 2. The number of nitrogens with zero attached hydrogens (tertiary/aromatic N) is 1. The number of hydrogen-bond acceptors (Lipinski definition) is 3. The Morgan fingerprint density at radius 2 is 1.68 bits per heavy atom. The zero-order chi connectivity index (χ0) is 13.8. The fraction of sp³-hybridized carbons (Fsp3) is 0.0769. The van der Waals surface area contributed by atoms with Crippen LogP contribution in [0.25, 0.3) is 0 Å². The zero-order valence-electron chi connectivity index (χ0n) is 9.77. The SMILES string of the molecule is O=[N+]([O-])c1ccc(Br)cc1NCc1ccc(Br)cc1. The first kappa shape index (κ1) is 14.0. The number of nitrogens with one attached hydrogen (secondary N) is 1. The van der Waals surface area contributed by atoms with Crippen LogP contribution in [0.5, 0.6) is 0 Å². The molecule has 6 heteroatoms. The number of rotatable bonds is 4. The maximum Gasteiger partial charge on any atom is 0.292 e. The van der Waals surface area contributed by atoms with E-state index in [-0.39, 0.29) is 5.69 Å². The molecule has 0 amide bonds. The molecule has 0 unspecified atom stereocenters. The van der Waals surface area contributed by atoms with E-state index in [4.69, 9.17) is 0 Å². The zero-order valence-corrected chi connectivity index (χ0v) is 12.9. The largest absolute Gasteiger partial charge is 0.375 e. The van der Waals surface area contributed by atoms with Crippen molar-refractivity contribution < 1.29 is 4.92 Å². The Kier molecular flexibility index (Phi) is 4.55. The van der Waals surface area contributed by atoms with Crippen LogP contribution >= 0.6 is 31.9 Å². The van der Waals surface area contributed by atoms with E-state index < -0.39 is 4.92 Å². The highest BCUT2D eigenvalue weighted by molar-refractivity contribution is 9.10. The molecule has 2 aromatic carbocycles. The first-order valence-corrected chi connectivity index (χ1v) is 7.07. The number of anilines is 1. The molecule has 0 aliphatic heterocycles. The molecule has 2 aromatic rings. The Hall–Kier alpha value is -1.40. The summed E-state index contributed by atoms with van der Waals surface area (Å²) in [5.41, 5.74) is 1.63. The summed E-state index contributed by atoms with van der Waals surface area (Å²) >= 11 is 6.68. The molecule has 98 valence electrons. The van der Waals surface area contributed by atoms with Crippen LogP contribution in [-0.2, 0) is 6.54 Å². The van der Waals surface area contributed by atoms with Gasteiger partial charge in [0.1, 0.15) is 5.69 Å². The van der Waals surface area contributed by atoms with Gasteiger partial charge in [-0.25, -0.2) is 0 Å². The fourth-order valence-corrected chi connectivity index (χ4v) is 2.23. The van der Waals surface area contributed by atoms with Crippen LogP contribution in [0.3, 0.4) is 0 Å². The molecule has 0 aliphatic rings. The van der Waals surface area contributed by atoms with Crippen molar-refractivity contribution >= 4 is 43.2 Å². The van der Waals surface area contributed by atoms with E-state index in [2.05, 4.69) is 37.2 Å². The van der Waals surface area contributed by atoms with Gasteiger partial charge in [-0.05, 0) is 29.8 Å². The molecule has 19 heavy (non-hydrogen) atoms. The monoisotopic (exact) mass is 384 g/mol. The van der Waals surface area contributed by atoms with Crippen molar-refractivity contribution in [2.75, 3.05) is 5.32 Å². The van der Waals surface area contributed by atoms with E-state index in [0.717, 1.165) is 14.5 Å². The Labute approximate surface area is 127 Å². The van der Waals surface area contributed by atoms with E-state index in [1.54, 1.807) is 12.1 Å². The number of nitro groups is 1. The lowest BCUT2D eigenvalue weighted by Crippen LogP contribution is -2.02. The summed E-state index contributed by atoms with van der Waals surface area (Å²) in [7, 11) is 0. The van der Waals surface area contributed by atoms with Crippen molar-refractivity contribution in [2.45, 2.75) is 6.54 Å². The highest BCUT2D eigenvalue weighted by Gasteiger charge is 2.13. The second kappa shape index (κ2) is 6.16. The lowest BCUT2D eigenvalue weighted by Gasteiger charge is -2.08. The van der Waals surface area contributed by atoms with Crippen LogP contribution in [0.2, 0.25) is 0 Å². The maximum absolute atomic E-state index is 10.9. The van der Waals surface area contributed by atoms with E-state index in [0.29, 0.717) is 12.2 Å². The third-order valence-electron chi connectivity index (χ3n) is 2.55. The van der Waals surface area contributed by atoms with Gasteiger partial charge in [-0.1, -0.05) is 44.0 Å². The van der Waals surface area contributed by atoms with E-state index in [9.17, 15) is 10.1 Å². The molecular weight excluding hydrogens is 376 g/mol. The first-order chi connectivity index (χ1) is 9.06. The summed E-state index contributed by atoms with van der Waals surface area (Å²) in [6.45, 7) is 0.532. The molecule has 0 aromatic heterocycles. The predicted octanol–water partition coefficient (Wildman–Crippen LogP) is 4.73. The Morgan fingerprint density at radius 1 is 1.05 bits per heavy atom. The van der Waals surface area contributed by atoms with Crippen LogP contribution in [0.4, 0.5) is 11.4 Å². The van der Waals surface area contributed by atoms with Crippen molar-refractivity contribution in [3.8, 4) is 0 Å². The van der Waals surface area contributed by atoms with Crippen LogP contribution in [-0.4, -0.2) is 4.92 Å². The van der Waals surface area contributed by atoms with Crippen molar-refractivity contribution in [1.29, 1.82) is 0 Å². The molecule has 4 nitrogen and oxygen atoms in total. The van der Waals surface area contributed by atoms with Crippen LogP contribution in [0, 0.1) is 10.1 Å². The summed E-state index contributed by atoms with van der Waals surface area (Å²) in [5, 5.41) is 14.0. The smallest absolute Gasteiger partial charge is 0.292 e. The Bertz CT molecular complexity index is 600. The average Bonchev–Trinajstić information content (AvgIpc) is 2.38. The molecule has 2 rings (SSSR count). The van der Waals surface area contributed by atoms with Crippen molar-refractivity contribution in [1.82, 2.24) is 0 Å². The number of nitro benzene ring substituents is 1. The molecule has 0 spiro atoms. The lowest BCUT2D eigenvalue weighted by atomic mass is 10.2. The van der Waals surface area contributed by atoms with Crippen LogP contribution in [0.15, 0.2) is 51.4 Å². The second-order valence-electron chi connectivity index (χ2n) is 3.90. The van der Waals surface area contributed by atoms with Gasteiger partial charge in [-0.2, -0.15) is 0 Å². The average molecular weight is 386 g/mol. The maximum atomic E-state index is 10.9. The van der Waals surface area contributed by atoms with Crippen LogP contribution in [0.1, 0.15) is 5.56 Å². The summed E-state index contributed by atoms with van der Waals surface area (Å²) in [6, 6.07) is 12.6. The van der Waals surface area contributed by atoms with E-state index in [1.165, 1.54) is 6.07 Å². The Morgan fingerprint density at radius 3 is 2.32 bits per heavy atom. The highest BCUT2D eigenvalue weighted by Crippen LogP contribution is 2.28. The minimum atomic E-state index is -0.393. The van der Waals surface area contributed by atoms with E-state index in [1.807, 2.05) is 24.3 Å². The van der Waals surface area contributed by atoms with Crippen molar-refractivity contribution in [3.63, 3.8) is 0 Å². The van der Waals surface area contributed by atoms with Gasteiger partial charge in [0.05, 0.1) is 4.92 Å². The lowest BCUT2D eigenvalue weighted by molar-refractivity contribution is -0.384. The van der Waals surface area contributed by atoms with Gasteiger partial charge in [0.15, 0.2) is 0 Å². The number of hydrogen-bond donors (Lipinski definition) is 1. The summed E-state index contributed by atoms with van der Waals surface area (Å²) in [6.07, 6.45) is 0. The molecule has 0 fully saturated rings. The summed E-state index contributed by atoms with van der Waals surface area (Å²) < 4.78 is 1.81. The molecule has 0 bridgehead atoms. The molecule has 0 saturated heterocycles. The quantitative estimate of drug-likeness (QED) is 0.611. The topological polar surface area (TPSA) is 55.2 Å². The van der Waals surface area contributed by atoms with Gasteiger partial charge in [0, 0.05) is 21.6 Å². The third kappa shape index (κ3) is 3.78. The van der Waals surface area contributed by atoms with Crippen molar-refractivity contribution in [2.24, 2.45) is 0 Å². The van der Waals surface area contributed by atoms with Gasteiger partial charge in [0.2, 0.25) is 0 Å². The molecular formula is C13H10Br2N2O2. The van der Waals surface area contributed by atoms with Gasteiger partial charge in [0.25, 0.3) is 5.69 Å². The molecule has 0 radical (unpaired) electrons. The second-order valence-corrected chi connectivity index (χ2v) is 5.73. The molecule has 1 N–H and O–H groups in total. The summed E-state index contributed by atoms with van der Waals surface area (Å²) in [4.78, 5) is 10.5. The van der Waals surface area contributed by atoms with Crippen molar-refractivity contribution in [3.05, 3.63) is 67.1 Å².